The number of hydrogen-bond donors (Lipinski definition) is 1. The zero-order chi connectivity index (χ0) is 13.1. The lowest BCUT2D eigenvalue weighted by molar-refractivity contribution is -0.131. The monoisotopic (exact) mass is 250 g/mol. The molecule has 1 N–H and O–H groups in total. The van der Waals surface area contributed by atoms with Gasteiger partial charge in [-0.25, -0.2) is 4.39 Å². The second kappa shape index (κ2) is 5.48. The topological polar surface area (TPSA) is 32.3 Å². The minimum atomic E-state index is -0.226. The first kappa shape index (κ1) is 13.0. The largest absolute Gasteiger partial charge is 0.353 e. The number of halogens is 1. The average Bonchev–Trinajstić information content (AvgIpc) is 2.32. The summed E-state index contributed by atoms with van der Waals surface area (Å²) in [4.78, 5) is 14.0. The molecule has 0 aliphatic carbocycles. The Labute approximate surface area is 107 Å². The first-order valence-electron chi connectivity index (χ1n) is 6.34. The highest BCUT2D eigenvalue weighted by Crippen LogP contribution is 2.17. The number of nitrogens with one attached hydrogen (secondary N) is 1. The van der Waals surface area contributed by atoms with Crippen LogP contribution < -0.4 is 5.32 Å². The van der Waals surface area contributed by atoms with E-state index in [2.05, 4.69) is 10.2 Å². The minimum Gasteiger partial charge on any atom is -0.353 e. The second-order valence-electron chi connectivity index (χ2n) is 5.08. The van der Waals surface area contributed by atoms with E-state index < -0.39 is 0 Å². The second-order valence-corrected chi connectivity index (χ2v) is 5.08. The molecule has 1 aliphatic heterocycles. The molecule has 1 aromatic rings. The summed E-state index contributed by atoms with van der Waals surface area (Å²) >= 11 is 0. The van der Waals surface area contributed by atoms with Crippen molar-refractivity contribution in [1.82, 2.24) is 10.2 Å². The fraction of sp³-hybridized carbons (Fsp3) is 0.500. The van der Waals surface area contributed by atoms with E-state index in [1.807, 2.05) is 13.8 Å². The zero-order valence-electron chi connectivity index (χ0n) is 10.8. The Balaban J connectivity index is 2.10. The summed E-state index contributed by atoms with van der Waals surface area (Å²) in [5.41, 5.74) is 1.04. The molecule has 4 heteroatoms. The van der Waals surface area contributed by atoms with Crippen LogP contribution in [0.15, 0.2) is 24.3 Å². The molecule has 18 heavy (non-hydrogen) atoms. The molecule has 0 radical (unpaired) electrons. The van der Waals surface area contributed by atoms with Gasteiger partial charge in [0.1, 0.15) is 5.82 Å². The molecular formula is C14H19FN2O. The summed E-state index contributed by atoms with van der Waals surface area (Å²) in [6.45, 7) is 6.31. The van der Waals surface area contributed by atoms with Crippen LogP contribution in [0, 0.1) is 11.7 Å². The van der Waals surface area contributed by atoms with Gasteiger partial charge in [0.2, 0.25) is 5.91 Å². The molecule has 98 valence electrons. The van der Waals surface area contributed by atoms with Gasteiger partial charge < -0.3 is 5.32 Å². The fourth-order valence-electron chi connectivity index (χ4n) is 2.46. The van der Waals surface area contributed by atoms with Crippen LogP contribution in [0.4, 0.5) is 4.39 Å². The Kier molecular flexibility index (Phi) is 3.97. The van der Waals surface area contributed by atoms with Crippen molar-refractivity contribution in [2.24, 2.45) is 5.92 Å². The van der Waals surface area contributed by atoms with Crippen molar-refractivity contribution in [3.05, 3.63) is 35.6 Å². The Morgan fingerprint density at radius 2 is 2.06 bits per heavy atom. The lowest BCUT2D eigenvalue weighted by atomic mass is 9.99. The Bertz CT molecular complexity index is 416. The summed E-state index contributed by atoms with van der Waals surface area (Å²) in [7, 11) is 0. The molecule has 0 saturated carbocycles. The van der Waals surface area contributed by atoms with Crippen LogP contribution >= 0.6 is 0 Å². The van der Waals surface area contributed by atoms with Crippen LogP contribution in [0.25, 0.3) is 0 Å². The SMILES string of the molecule is CC(C)C1C(=O)NCCN1Cc1ccc(F)cc1. The molecule has 1 atom stereocenters. The number of benzene rings is 1. The summed E-state index contributed by atoms with van der Waals surface area (Å²) in [5, 5.41) is 2.90. The van der Waals surface area contributed by atoms with Gasteiger partial charge in [-0.15, -0.1) is 0 Å². The molecule has 3 nitrogen and oxygen atoms in total. The van der Waals surface area contributed by atoms with E-state index in [0.29, 0.717) is 13.1 Å². The number of carbonyl (C=O) groups is 1. The van der Waals surface area contributed by atoms with Crippen LogP contribution in [-0.2, 0) is 11.3 Å². The smallest absolute Gasteiger partial charge is 0.237 e. The third-order valence-corrected chi connectivity index (χ3v) is 3.29. The van der Waals surface area contributed by atoms with Crippen molar-refractivity contribution >= 4 is 5.91 Å². The lowest BCUT2D eigenvalue weighted by Gasteiger charge is -2.37. The van der Waals surface area contributed by atoms with Crippen molar-refractivity contribution in [2.45, 2.75) is 26.4 Å². The maximum Gasteiger partial charge on any atom is 0.237 e. The number of hydrogen-bond acceptors (Lipinski definition) is 2. The number of carbonyl (C=O) groups excluding carboxylic acids is 1. The molecule has 2 rings (SSSR count). The Morgan fingerprint density at radius 3 is 2.67 bits per heavy atom. The highest BCUT2D eigenvalue weighted by atomic mass is 19.1. The molecule has 1 amide bonds. The van der Waals surface area contributed by atoms with Gasteiger partial charge in [-0.1, -0.05) is 26.0 Å². The van der Waals surface area contributed by atoms with E-state index >= 15 is 0 Å². The number of rotatable bonds is 3. The Morgan fingerprint density at radius 1 is 1.39 bits per heavy atom. The van der Waals surface area contributed by atoms with Crippen molar-refractivity contribution < 1.29 is 9.18 Å². The van der Waals surface area contributed by atoms with Crippen LogP contribution in [0.3, 0.4) is 0 Å². The molecular weight excluding hydrogens is 231 g/mol. The van der Waals surface area contributed by atoms with Gasteiger partial charge in [-0.3, -0.25) is 9.69 Å². The van der Waals surface area contributed by atoms with Gasteiger partial charge in [0.05, 0.1) is 6.04 Å². The molecule has 1 aromatic carbocycles. The van der Waals surface area contributed by atoms with Gasteiger partial charge in [-0.05, 0) is 23.6 Å². The molecule has 1 heterocycles. The van der Waals surface area contributed by atoms with Crippen LogP contribution in [-0.4, -0.2) is 29.9 Å². The van der Waals surface area contributed by atoms with Crippen molar-refractivity contribution in [3.63, 3.8) is 0 Å². The molecule has 0 spiro atoms. The number of piperazine rings is 1. The Hall–Kier alpha value is -1.42. The van der Waals surface area contributed by atoms with Gasteiger partial charge in [0.15, 0.2) is 0 Å². The van der Waals surface area contributed by atoms with Gasteiger partial charge in [0.25, 0.3) is 0 Å². The highest BCUT2D eigenvalue weighted by molar-refractivity contribution is 5.82. The maximum atomic E-state index is 12.9. The average molecular weight is 250 g/mol. The first-order chi connectivity index (χ1) is 8.58. The van der Waals surface area contributed by atoms with Gasteiger partial charge >= 0.3 is 0 Å². The quantitative estimate of drug-likeness (QED) is 0.887. The van der Waals surface area contributed by atoms with E-state index in [0.717, 1.165) is 12.1 Å². The summed E-state index contributed by atoms with van der Waals surface area (Å²) < 4.78 is 12.9. The highest BCUT2D eigenvalue weighted by Gasteiger charge is 2.31. The summed E-state index contributed by atoms with van der Waals surface area (Å²) in [5.74, 6) is 0.139. The summed E-state index contributed by atoms with van der Waals surface area (Å²) in [6.07, 6.45) is 0. The van der Waals surface area contributed by atoms with E-state index in [4.69, 9.17) is 0 Å². The van der Waals surface area contributed by atoms with Crippen LogP contribution in [0.5, 0.6) is 0 Å². The standard InChI is InChI=1S/C14H19FN2O/c1-10(2)13-14(18)16-7-8-17(13)9-11-3-5-12(15)6-4-11/h3-6,10,13H,7-9H2,1-2H3,(H,16,18). The van der Waals surface area contributed by atoms with Crippen molar-refractivity contribution in [1.29, 1.82) is 0 Å². The predicted octanol–water partition coefficient (Wildman–Crippen LogP) is 1.78. The van der Waals surface area contributed by atoms with E-state index in [-0.39, 0.29) is 23.7 Å². The maximum absolute atomic E-state index is 12.9. The van der Waals surface area contributed by atoms with Crippen molar-refractivity contribution in [2.75, 3.05) is 13.1 Å². The zero-order valence-corrected chi connectivity index (χ0v) is 10.8. The number of nitrogens with zero attached hydrogens (tertiary/aromatic N) is 1. The first-order valence-corrected chi connectivity index (χ1v) is 6.34. The normalized spacial score (nSPS) is 21.1. The van der Waals surface area contributed by atoms with Gasteiger partial charge in [-0.2, -0.15) is 0 Å². The number of amides is 1. The third kappa shape index (κ3) is 2.88. The lowest BCUT2D eigenvalue weighted by Crippen LogP contribution is -2.56. The summed E-state index contributed by atoms with van der Waals surface area (Å²) in [6, 6.07) is 6.38. The van der Waals surface area contributed by atoms with Crippen LogP contribution in [0.1, 0.15) is 19.4 Å². The molecule has 1 unspecified atom stereocenters. The minimum absolute atomic E-state index is 0.0937. The van der Waals surface area contributed by atoms with Crippen LogP contribution in [0.2, 0.25) is 0 Å². The van der Waals surface area contributed by atoms with E-state index in [1.165, 1.54) is 12.1 Å². The predicted molar refractivity (Wildman–Crippen MR) is 68.4 cm³/mol. The van der Waals surface area contributed by atoms with Gasteiger partial charge in [0, 0.05) is 19.6 Å². The fourth-order valence-corrected chi connectivity index (χ4v) is 2.46. The molecule has 1 fully saturated rings. The molecule has 0 aromatic heterocycles. The van der Waals surface area contributed by atoms with Crippen molar-refractivity contribution in [3.8, 4) is 0 Å². The molecule has 1 aliphatic rings. The molecule has 0 bridgehead atoms. The molecule has 1 saturated heterocycles. The third-order valence-electron chi connectivity index (χ3n) is 3.29. The van der Waals surface area contributed by atoms with E-state index in [1.54, 1.807) is 12.1 Å². The van der Waals surface area contributed by atoms with E-state index in [9.17, 15) is 9.18 Å².